The van der Waals surface area contributed by atoms with Gasteiger partial charge in [0, 0.05) is 16.1 Å². The van der Waals surface area contributed by atoms with Crippen LogP contribution in [0.1, 0.15) is 42.1 Å². The number of ether oxygens (including phenoxy) is 2. The van der Waals surface area contributed by atoms with E-state index in [0.29, 0.717) is 53.0 Å². The third kappa shape index (κ3) is 6.51. The van der Waals surface area contributed by atoms with Crippen molar-refractivity contribution in [3.63, 3.8) is 0 Å². The fourth-order valence-electron chi connectivity index (χ4n) is 4.79. The number of hydrogen-bond donors (Lipinski definition) is 0. The van der Waals surface area contributed by atoms with E-state index >= 15 is 0 Å². The van der Waals surface area contributed by atoms with Crippen LogP contribution in [0.3, 0.4) is 0 Å². The first-order valence-corrected chi connectivity index (χ1v) is 16.5. The minimum absolute atomic E-state index is 0.111. The average Bonchev–Trinajstić information content (AvgIpc) is 3.26. The number of fused-ring (bicyclic) bond motifs is 1. The molecule has 0 N–H and O–H groups in total. The van der Waals surface area contributed by atoms with Crippen molar-refractivity contribution in [2.24, 2.45) is 4.99 Å². The number of nitrogens with zero attached hydrogens (tertiary/aromatic N) is 3. The summed E-state index contributed by atoms with van der Waals surface area (Å²) in [4.78, 5) is 43.3. The fourth-order valence-corrected chi connectivity index (χ4v) is 7.55. The predicted octanol–water partition coefficient (Wildman–Crippen LogP) is 6.88. The van der Waals surface area contributed by atoms with Crippen LogP contribution in [0, 0.1) is 17.0 Å². The van der Waals surface area contributed by atoms with Gasteiger partial charge in [-0.2, -0.15) is 0 Å². The Morgan fingerprint density at radius 2 is 1.77 bits per heavy atom. The lowest BCUT2D eigenvalue weighted by Gasteiger charge is -2.24. The first-order chi connectivity index (χ1) is 21.0. The maximum absolute atomic E-state index is 14.0. The molecule has 0 spiro atoms. The van der Waals surface area contributed by atoms with Crippen LogP contribution < -0.4 is 19.6 Å². The molecule has 4 aromatic rings. The molecule has 13 heteroatoms. The SMILES string of the molecule is CCOC(=O)C1=C(C)N=c2s/c(=C/c3cc(Br)c(OCc4ccc(Br)cc4)c(Br)c3)c(=O)n2[C@H]1c1ccc(C)c([N+](=O)[O-])c1. The summed E-state index contributed by atoms with van der Waals surface area (Å²) in [5.74, 6) is -0.0231. The van der Waals surface area contributed by atoms with E-state index < -0.39 is 16.9 Å². The number of thiazole rings is 1. The van der Waals surface area contributed by atoms with Gasteiger partial charge in [-0.25, -0.2) is 9.79 Å². The van der Waals surface area contributed by atoms with Crippen molar-refractivity contribution in [1.29, 1.82) is 0 Å². The van der Waals surface area contributed by atoms with Crippen LogP contribution in [0.15, 0.2) is 89.1 Å². The van der Waals surface area contributed by atoms with E-state index in [2.05, 4.69) is 52.8 Å². The quantitative estimate of drug-likeness (QED) is 0.109. The van der Waals surface area contributed by atoms with Crippen molar-refractivity contribution in [2.45, 2.75) is 33.4 Å². The van der Waals surface area contributed by atoms with Crippen LogP contribution in [0.25, 0.3) is 6.08 Å². The maximum atomic E-state index is 14.0. The van der Waals surface area contributed by atoms with Gasteiger partial charge in [-0.15, -0.1) is 0 Å². The van der Waals surface area contributed by atoms with Crippen LogP contribution in [0.4, 0.5) is 5.69 Å². The summed E-state index contributed by atoms with van der Waals surface area (Å²) in [5, 5.41) is 11.8. The Morgan fingerprint density at radius 1 is 1.09 bits per heavy atom. The summed E-state index contributed by atoms with van der Waals surface area (Å²) >= 11 is 11.8. The molecule has 0 aliphatic carbocycles. The molecule has 44 heavy (non-hydrogen) atoms. The molecular weight excluding hydrogens is 782 g/mol. The van der Waals surface area contributed by atoms with Gasteiger partial charge < -0.3 is 9.47 Å². The molecule has 0 fully saturated rings. The summed E-state index contributed by atoms with van der Waals surface area (Å²) in [6, 6.07) is 15.3. The van der Waals surface area contributed by atoms with E-state index in [1.165, 1.54) is 22.0 Å². The van der Waals surface area contributed by atoms with Crippen molar-refractivity contribution in [3.05, 3.63) is 131 Å². The molecule has 1 aromatic heterocycles. The predicted molar refractivity (Wildman–Crippen MR) is 179 cm³/mol. The third-order valence-corrected chi connectivity index (χ3v) is 9.57. The van der Waals surface area contributed by atoms with Gasteiger partial charge in [-0.05, 0) is 99.7 Å². The molecule has 0 amide bonds. The second-order valence-electron chi connectivity index (χ2n) is 9.83. The zero-order chi connectivity index (χ0) is 31.7. The highest BCUT2D eigenvalue weighted by Crippen LogP contribution is 2.36. The van der Waals surface area contributed by atoms with Crippen LogP contribution in [0.5, 0.6) is 5.75 Å². The number of benzene rings is 3. The molecular formula is C31H24Br3N3O6S. The Morgan fingerprint density at radius 3 is 2.41 bits per heavy atom. The molecule has 1 aliphatic heterocycles. The lowest BCUT2D eigenvalue weighted by Crippen LogP contribution is -2.40. The van der Waals surface area contributed by atoms with Gasteiger partial charge in [0.2, 0.25) is 0 Å². The van der Waals surface area contributed by atoms with E-state index in [0.717, 1.165) is 10.0 Å². The monoisotopic (exact) mass is 803 g/mol. The number of carbonyl (C=O) groups is 1. The van der Waals surface area contributed by atoms with E-state index in [9.17, 15) is 19.7 Å². The Hall–Kier alpha value is -3.39. The number of esters is 1. The normalized spacial score (nSPS) is 14.7. The molecule has 0 unspecified atom stereocenters. The summed E-state index contributed by atoms with van der Waals surface area (Å²) < 4.78 is 15.5. The molecule has 3 aromatic carbocycles. The van der Waals surface area contributed by atoms with Gasteiger partial charge in [0.25, 0.3) is 11.2 Å². The first-order valence-electron chi connectivity index (χ1n) is 13.3. The van der Waals surface area contributed by atoms with E-state index in [1.54, 1.807) is 39.0 Å². The molecule has 5 rings (SSSR count). The number of nitro groups is 1. The first kappa shape index (κ1) is 32.0. The summed E-state index contributed by atoms with van der Waals surface area (Å²) in [7, 11) is 0. The van der Waals surface area contributed by atoms with Crippen LogP contribution in [-0.4, -0.2) is 22.1 Å². The molecule has 0 bridgehead atoms. The highest BCUT2D eigenvalue weighted by molar-refractivity contribution is 9.11. The van der Waals surface area contributed by atoms with Gasteiger partial charge in [-0.1, -0.05) is 51.5 Å². The molecule has 0 saturated carbocycles. The lowest BCUT2D eigenvalue weighted by molar-refractivity contribution is -0.385. The smallest absolute Gasteiger partial charge is 0.338 e. The van der Waals surface area contributed by atoms with Crippen molar-refractivity contribution in [2.75, 3.05) is 6.61 Å². The van der Waals surface area contributed by atoms with Crippen molar-refractivity contribution in [3.8, 4) is 5.75 Å². The van der Waals surface area contributed by atoms with Crippen LogP contribution in [0.2, 0.25) is 0 Å². The van der Waals surface area contributed by atoms with Gasteiger partial charge in [0.1, 0.15) is 12.4 Å². The maximum Gasteiger partial charge on any atom is 0.338 e. The van der Waals surface area contributed by atoms with Crippen LogP contribution in [-0.2, 0) is 16.1 Å². The Bertz CT molecular complexity index is 2000. The van der Waals surface area contributed by atoms with Crippen LogP contribution >= 0.6 is 59.1 Å². The zero-order valence-corrected chi connectivity index (χ0v) is 29.2. The largest absolute Gasteiger partial charge is 0.487 e. The van der Waals surface area contributed by atoms with E-state index in [-0.39, 0.29) is 23.4 Å². The number of nitro benzene ring substituents is 1. The van der Waals surface area contributed by atoms with Gasteiger partial charge in [0.15, 0.2) is 4.80 Å². The lowest BCUT2D eigenvalue weighted by atomic mass is 9.94. The Balaban J connectivity index is 1.58. The second-order valence-corrected chi connectivity index (χ2v) is 13.5. The second kappa shape index (κ2) is 13.3. The number of carbonyl (C=O) groups excluding carboxylic acids is 1. The number of aromatic nitrogens is 1. The molecule has 2 heterocycles. The molecule has 0 saturated heterocycles. The fraction of sp³-hybridized carbons (Fsp3) is 0.194. The Labute approximate surface area is 281 Å². The van der Waals surface area contributed by atoms with E-state index in [4.69, 9.17) is 9.47 Å². The van der Waals surface area contributed by atoms with Crippen molar-refractivity contribution >= 4 is 76.9 Å². The number of aryl methyl sites for hydroxylation is 1. The van der Waals surface area contributed by atoms with Gasteiger partial charge in [-0.3, -0.25) is 19.5 Å². The summed E-state index contributed by atoms with van der Waals surface area (Å²) in [6.45, 7) is 5.46. The summed E-state index contributed by atoms with van der Waals surface area (Å²) in [6.07, 6.45) is 1.73. The highest BCUT2D eigenvalue weighted by Gasteiger charge is 2.34. The molecule has 0 radical (unpaired) electrons. The molecule has 1 aliphatic rings. The van der Waals surface area contributed by atoms with Gasteiger partial charge in [0.05, 0.1) is 42.3 Å². The summed E-state index contributed by atoms with van der Waals surface area (Å²) in [5.41, 5.74) is 2.62. The standard InChI is InChI=1S/C31H24Br3N3O6S/c1-4-42-30(39)26-17(3)35-31-36(27(26)20-8-5-16(2)24(14-20)37(40)41)29(38)25(44-31)13-19-11-22(33)28(23(34)12-19)43-15-18-6-9-21(32)10-7-18/h5-14,27H,4,15H2,1-3H3/b25-13+/t27-/m0/s1. The molecule has 9 nitrogen and oxygen atoms in total. The van der Waals surface area contributed by atoms with Gasteiger partial charge >= 0.3 is 5.97 Å². The Kier molecular flexibility index (Phi) is 9.68. The molecule has 1 atom stereocenters. The zero-order valence-electron chi connectivity index (χ0n) is 23.6. The average molecular weight is 806 g/mol. The van der Waals surface area contributed by atoms with Crippen molar-refractivity contribution < 1.29 is 19.2 Å². The van der Waals surface area contributed by atoms with E-state index in [1.807, 2.05) is 36.4 Å². The number of rotatable bonds is 8. The minimum Gasteiger partial charge on any atom is -0.487 e. The molecule has 226 valence electrons. The topological polar surface area (TPSA) is 113 Å². The minimum atomic E-state index is -0.959. The number of hydrogen-bond acceptors (Lipinski definition) is 8. The number of halogens is 3. The van der Waals surface area contributed by atoms with Crippen molar-refractivity contribution in [1.82, 2.24) is 4.57 Å². The number of allylic oxidation sites excluding steroid dienone is 1. The highest BCUT2D eigenvalue weighted by atomic mass is 79.9. The third-order valence-electron chi connectivity index (χ3n) is 6.88.